The summed E-state index contributed by atoms with van der Waals surface area (Å²) in [7, 11) is 1.69. The molecule has 2 aliphatic heterocycles. The van der Waals surface area contributed by atoms with E-state index in [1.54, 1.807) is 7.05 Å². The van der Waals surface area contributed by atoms with Gasteiger partial charge in [-0.1, -0.05) is 18.3 Å². The Morgan fingerprint density at radius 2 is 2.11 bits per heavy atom. The molecular formula is C16H20N4O5S2. The molecule has 146 valence electrons. The van der Waals surface area contributed by atoms with Crippen molar-refractivity contribution in [2.24, 2.45) is 23.9 Å². The normalized spacial score (nSPS) is 26.3. The molecule has 0 aliphatic carbocycles. The van der Waals surface area contributed by atoms with Gasteiger partial charge in [-0.05, 0) is 13.8 Å². The fourth-order valence-electron chi connectivity index (χ4n) is 3.56. The third kappa shape index (κ3) is 3.34. The molecule has 2 N–H and O–H groups in total. The van der Waals surface area contributed by atoms with Crippen LogP contribution in [0, 0.1) is 18.8 Å². The van der Waals surface area contributed by atoms with Crippen LogP contribution in [0.2, 0.25) is 0 Å². The quantitative estimate of drug-likeness (QED) is 0.657. The number of carboxylic acids is 1. The zero-order valence-electron chi connectivity index (χ0n) is 15.2. The van der Waals surface area contributed by atoms with Crippen molar-refractivity contribution in [1.82, 2.24) is 14.7 Å². The van der Waals surface area contributed by atoms with E-state index in [2.05, 4.69) is 10.1 Å². The predicted octanol–water partition coefficient (Wildman–Crippen LogP) is 0.104. The van der Waals surface area contributed by atoms with Gasteiger partial charge in [-0.15, -0.1) is 11.8 Å². The Bertz CT molecular complexity index is 916. The Balaban J connectivity index is 1.80. The standard InChI is InChI=1S/C16H20N4O5S2/c1-6-11-10(7(2)21)14(23)20(11)12(15(24)25)13(6)26-5-9(22)17-16-19(4)18-8(3)27-16/h6-7,10-11,21H,5H2,1-4H3,(H,24,25)/t6-,7-,10-,11-/m1/s1. The predicted molar refractivity (Wildman–Crippen MR) is 98.5 cm³/mol. The lowest BCUT2D eigenvalue weighted by molar-refractivity contribution is -0.163. The van der Waals surface area contributed by atoms with Gasteiger partial charge in [0.15, 0.2) is 0 Å². The van der Waals surface area contributed by atoms with Crippen molar-refractivity contribution in [3.63, 3.8) is 0 Å². The molecule has 4 atom stereocenters. The zero-order chi connectivity index (χ0) is 20.0. The van der Waals surface area contributed by atoms with E-state index in [-0.39, 0.29) is 23.4 Å². The molecule has 1 fully saturated rings. The number of β-lactam (4-membered cyclic amide) rings is 1. The molecule has 2 aliphatic rings. The summed E-state index contributed by atoms with van der Waals surface area (Å²) in [5, 5.41) is 24.3. The highest BCUT2D eigenvalue weighted by Crippen LogP contribution is 2.50. The summed E-state index contributed by atoms with van der Waals surface area (Å²) in [5.41, 5.74) is -0.0913. The van der Waals surface area contributed by atoms with Crippen LogP contribution < -0.4 is 4.80 Å². The van der Waals surface area contributed by atoms with E-state index in [1.165, 1.54) is 27.8 Å². The van der Waals surface area contributed by atoms with Crippen LogP contribution in [0.1, 0.15) is 18.9 Å². The Morgan fingerprint density at radius 3 is 2.63 bits per heavy atom. The minimum atomic E-state index is -1.21. The average molecular weight is 412 g/mol. The number of aliphatic hydroxyl groups is 1. The second-order valence-corrected chi connectivity index (χ2v) is 8.77. The summed E-state index contributed by atoms with van der Waals surface area (Å²) in [6, 6.07) is -0.389. The number of amides is 2. The van der Waals surface area contributed by atoms with E-state index >= 15 is 0 Å². The van der Waals surface area contributed by atoms with Crippen LogP contribution >= 0.6 is 23.1 Å². The molecule has 0 saturated carbocycles. The molecule has 0 bridgehead atoms. The SMILES string of the molecule is Cc1nn(C)c(=NC(=O)CSC2=C(C(=O)O)N3C(=O)[C@H]([C@@H](C)O)[C@H]3[C@H]2C)s1. The van der Waals surface area contributed by atoms with Crippen LogP contribution in [-0.2, 0) is 21.4 Å². The molecule has 0 unspecified atom stereocenters. The van der Waals surface area contributed by atoms with Gasteiger partial charge in [0.1, 0.15) is 10.7 Å². The topological polar surface area (TPSA) is 125 Å². The van der Waals surface area contributed by atoms with Crippen molar-refractivity contribution in [2.75, 3.05) is 5.75 Å². The van der Waals surface area contributed by atoms with Crippen molar-refractivity contribution < 1.29 is 24.6 Å². The van der Waals surface area contributed by atoms with Gasteiger partial charge in [-0.25, -0.2) is 9.48 Å². The lowest BCUT2D eigenvalue weighted by Gasteiger charge is -2.46. The van der Waals surface area contributed by atoms with Gasteiger partial charge in [0.2, 0.25) is 10.7 Å². The third-order valence-corrected chi connectivity index (χ3v) is 6.87. The number of carboxylic acid groups (broad SMARTS) is 1. The van der Waals surface area contributed by atoms with Gasteiger partial charge in [0.25, 0.3) is 5.91 Å². The van der Waals surface area contributed by atoms with Crippen LogP contribution in [0.4, 0.5) is 0 Å². The van der Waals surface area contributed by atoms with Crippen molar-refractivity contribution in [2.45, 2.75) is 32.9 Å². The second-order valence-electron chi connectivity index (χ2n) is 6.59. The number of aliphatic hydroxyl groups excluding tert-OH is 1. The number of rotatable bonds is 5. The van der Waals surface area contributed by atoms with E-state index in [0.717, 1.165) is 16.8 Å². The number of carbonyl (C=O) groups is 3. The largest absolute Gasteiger partial charge is 0.477 e. The molecule has 3 heterocycles. The molecule has 0 spiro atoms. The van der Waals surface area contributed by atoms with Gasteiger partial charge in [-0.2, -0.15) is 10.1 Å². The Kier molecular flexibility index (Phi) is 5.28. The summed E-state index contributed by atoms with van der Waals surface area (Å²) in [6.45, 7) is 5.15. The number of hydrogen-bond acceptors (Lipinski definition) is 7. The summed E-state index contributed by atoms with van der Waals surface area (Å²) in [4.78, 5) is 42.4. The maximum atomic E-state index is 12.3. The summed E-state index contributed by atoms with van der Waals surface area (Å²) >= 11 is 2.38. The van der Waals surface area contributed by atoms with Crippen molar-refractivity contribution in [3.05, 3.63) is 20.4 Å². The maximum absolute atomic E-state index is 12.3. The number of aliphatic carboxylic acids is 1. The van der Waals surface area contributed by atoms with E-state index in [4.69, 9.17) is 0 Å². The van der Waals surface area contributed by atoms with Gasteiger partial charge in [0, 0.05) is 17.9 Å². The van der Waals surface area contributed by atoms with Crippen molar-refractivity contribution in [3.8, 4) is 0 Å². The first kappa shape index (κ1) is 19.8. The first-order chi connectivity index (χ1) is 12.6. The molecule has 0 aromatic carbocycles. The maximum Gasteiger partial charge on any atom is 0.353 e. The minimum Gasteiger partial charge on any atom is -0.477 e. The number of carbonyl (C=O) groups excluding carboxylic acids is 2. The van der Waals surface area contributed by atoms with Gasteiger partial charge >= 0.3 is 5.97 Å². The molecule has 1 aromatic heterocycles. The molecular weight excluding hydrogens is 392 g/mol. The lowest BCUT2D eigenvalue weighted by atomic mass is 9.79. The third-order valence-electron chi connectivity index (χ3n) is 4.69. The Hall–Kier alpha value is -1.98. The van der Waals surface area contributed by atoms with Crippen LogP contribution in [0.3, 0.4) is 0 Å². The molecule has 9 nitrogen and oxygen atoms in total. The van der Waals surface area contributed by atoms with E-state index in [1.807, 2.05) is 13.8 Å². The molecule has 3 rings (SSSR count). The monoisotopic (exact) mass is 412 g/mol. The van der Waals surface area contributed by atoms with Gasteiger partial charge in [-0.3, -0.25) is 9.59 Å². The highest BCUT2D eigenvalue weighted by molar-refractivity contribution is 8.03. The molecule has 2 amide bonds. The minimum absolute atomic E-state index is 0.0402. The number of hydrogen-bond donors (Lipinski definition) is 2. The fourth-order valence-corrected chi connectivity index (χ4v) is 5.38. The first-order valence-corrected chi connectivity index (χ1v) is 10.1. The number of aromatic nitrogens is 2. The summed E-state index contributed by atoms with van der Waals surface area (Å²) < 4.78 is 1.51. The number of nitrogens with zero attached hydrogens (tertiary/aromatic N) is 4. The van der Waals surface area contributed by atoms with Crippen LogP contribution in [0.15, 0.2) is 15.6 Å². The lowest BCUT2D eigenvalue weighted by Crippen LogP contribution is -2.63. The van der Waals surface area contributed by atoms with Crippen LogP contribution in [0.25, 0.3) is 0 Å². The van der Waals surface area contributed by atoms with Crippen molar-refractivity contribution >= 4 is 40.9 Å². The molecule has 1 saturated heterocycles. The Morgan fingerprint density at radius 1 is 1.44 bits per heavy atom. The zero-order valence-corrected chi connectivity index (χ0v) is 16.9. The molecule has 0 radical (unpaired) electrons. The fraction of sp³-hybridized carbons (Fsp3) is 0.562. The van der Waals surface area contributed by atoms with Crippen LogP contribution in [0.5, 0.6) is 0 Å². The van der Waals surface area contributed by atoms with E-state index in [9.17, 15) is 24.6 Å². The molecule has 1 aromatic rings. The van der Waals surface area contributed by atoms with E-state index in [0.29, 0.717) is 9.71 Å². The Labute approximate surface area is 163 Å². The number of thioether (sulfide) groups is 1. The highest BCUT2D eigenvalue weighted by atomic mass is 32.2. The number of fused-ring (bicyclic) bond motifs is 1. The highest BCUT2D eigenvalue weighted by Gasteiger charge is 2.59. The van der Waals surface area contributed by atoms with E-state index < -0.39 is 29.8 Å². The summed E-state index contributed by atoms with van der Waals surface area (Å²) in [6.07, 6.45) is -0.855. The second kappa shape index (κ2) is 7.21. The molecule has 27 heavy (non-hydrogen) atoms. The van der Waals surface area contributed by atoms with Gasteiger partial charge < -0.3 is 15.1 Å². The van der Waals surface area contributed by atoms with Crippen LogP contribution in [-0.4, -0.2) is 60.6 Å². The average Bonchev–Trinajstić information content (AvgIpc) is 2.99. The summed E-state index contributed by atoms with van der Waals surface area (Å²) in [5.74, 6) is -2.94. The number of aryl methyl sites for hydroxylation is 2. The smallest absolute Gasteiger partial charge is 0.353 e. The first-order valence-electron chi connectivity index (χ1n) is 8.33. The van der Waals surface area contributed by atoms with Gasteiger partial charge in [0.05, 0.1) is 23.8 Å². The van der Waals surface area contributed by atoms with Crippen molar-refractivity contribution in [1.29, 1.82) is 0 Å². The molecule has 11 heteroatoms.